The molecule has 1 saturated carbocycles. The Labute approximate surface area is 118 Å². The first kappa shape index (κ1) is 13.4. The minimum Gasteiger partial charge on any atom is -0.353 e. The largest absolute Gasteiger partial charge is 0.353 e. The van der Waals surface area contributed by atoms with E-state index in [-0.39, 0.29) is 10.9 Å². The standard InChI is InChI=1S/C13H18N4O2S/c1-15-7-3-4-12(15)9-17(11-5-6-11)20(18,19)13-8-14-16(2)10-13/h3-4,7-8,10-11H,5-6,9H2,1-2H3. The van der Waals surface area contributed by atoms with E-state index in [0.29, 0.717) is 6.54 Å². The fraction of sp³-hybridized carbons (Fsp3) is 0.462. The minimum absolute atomic E-state index is 0.120. The van der Waals surface area contributed by atoms with Crippen LogP contribution in [0.1, 0.15) is 18.5 Å². The maximum absolute atomic E-state index is 12.7. The Morgan fingerprint density at radius 2 is 2.15 bits per heavy atom. The van der Waals surface area contributed by atoms with Gasteiger partial charge in [-0.2, -0.15) is 9.40 Å². The number of aryl methyl sites for hydroxylation is 2. The second-order valence-corrected chi connectivity index (χ2v) is 7.13. The maximum Gasteiger partial charge on any atom is 0.246 e. The zero-order valence-electron chi connectivity index (χ0n) is 11.6. The van der Waals surface area contributed by atoms with Gasteiger partial charge in [0, 0.05) is 38.2 Å². The molecule has 0 amide bonds. The number of sulfonamides is 1. The first-order valence-electron chi connectivity index (χ1n) is 6.59. The Morgan fingerprint density at radius 3 is 2.65 bits per heavy atom. The third-order valence-corrected chi connectivity index (χ3v) is 5.46. The Morgan fingerprint density at radius 1 is 1.40 bits per heavy atom. The predicted octanol–water partition coefficient (Wildman–Crippen LogP) is 1.11. The Kier molecular flexibility index (Phi) is 3.18. The second kappa shape index (κ2) is 4.75. The molecular weight excluding hydrogens is 276 g/mol. The van der Waals surface area contributed by atoms with E-state index >= 15 is 0 Å². The molecule has 2 aromatic rings. The normalized spacial score (nSPS) is 15.9. The van der Waals surface area contributed by atoms with Crippen LogP contribution in [0.4, 0.5) is 0 Å². The van der Waals surface area contributed by atoms with Crippen LogP contribution in [-0.4, -0.2) is 33.1 Å². The minimum atomic E-state index is -3.47. The van der Waals surface area contributed by atoms with E-state index in [1.807, 2.05) is 29.9 Å². The van der Waals surface area contributed by atoms with Crippen molar-refractivity contribution in [3.05, 3.63) is 36.4 Å². The van der Waals surface area contributed by atoms with Crippen LogP contribution in [0.15, 0.2) is 35.6 Å². The Bertz CT molecular complexity index is 712. The SMILES string of the molecule is Cn1cc(S(=O)(=O)N(Cc2cccn2C)C2CC2)cn1. The molecule has 6 nitrogen and oxygen atoms in total. The van der Waals surface area contributed by atoms with Crippen molar-refractivity contribution < 1.29 is 8.42 Å². The number of rotatable bonds is 5. The molecule has 0 atom stereocenters. The van der Waals surface area contributed by atoms with E-state index in [1.54, 1.807) is 17.5 Å². The summed E-state index contributed by atoms with van der Waals surface area (Å²) in [6, 6.07) is 4.00. The van der Waals surface area contributed by atoms with E-state index in [0.717, 1.165) is 18.5 Å². The summed E-state index contributed by atoms with van der Waals surface area (Å²) in [5, 5.41) is 3.97. The first-order valence-corrected chi connectivity index (χ1v) is 8.03. The smallest absolute Gasteiger partial charge is 0.246 e. The molecule has 0 unspecified atom stereocenters. The molecule has 0 bridgehead atoms. The van der Waals surface area contributed by atoms with Crippen LogP contribution in [0, 0.1) is 0 Å². The van der Waals surface area contributed by atoms with Gasteiger partial charge in [0.05, 0.1) is 12.7 Å². The molecule has 3 rings (SSSR count). The molecule has 0 saturated heterocycles. The first-order chi connectivity index (χ1) is 9.48. The highest BCUT2D eigenvalue weighted by Crippen LogP contribution is 2.33. The van der Waals surface area contributed by atoms with Gasteiger partial charge in [-0.25, -0.2) is 8.42 Å². The van der Waals surface area contributed by atoms with E-state index in [2.05, 4.69) is 5.10 Å². The summed E-state index contributed by atoms with van der Waals surface area (Å²) < 4.78 is 30.5. The van der Waals surface area contributed by atoms with Gasteiger partial charge in [-0.3, -0.25) is 4.68 Å². The van der Waals surface area contributed by atoms with Crippen LogP contribution < -0.4 is 0 Å². The van der Waals surface area contributed by atoms with Crippen LogP contribution in [0.25, 0.3) is 0 Å². The summed E-state index contributed by atoms with van der Waals surface area (Å²) in [5.74, 6) is 0. The summed E-state index contributed by atoms with van der Waals surface area (Å²) in [4.78, 5) is 0.265. The molecule has 20 heavy (non-hydrogen) atoms. The molecule has 0 N–H and O–H groups in total. The zero-order valence-corrected chi connectivity index (χ0v) is 12.4. The van der Waals surface area contributed by atoms with Gasteiger partial charge in [0.25, 0.3) is 0 Å². The highest BCUT2D eigenvalue weighted by molar-refractivity contribution is 7.89. The highest BCUT2D eigenvalue weighted by atomic mass is 32.2. The highest BCUT2D eigenvalue weighted by Gasteiger charge is 2.38. The number of nitrogens with zero attached hydrogens (tertiary/aromatic N) is 4. The lowest BCUT2D eigenvalue weighted by atomic mass is 10.4. The monoisotopic (exact) mass is 294 g/mol. The average Bonchev–Trinajstić information content (AvgIpc) is 3.00. The quantitative estimate of drug-likeness (QED) is 0.830. The van der Waals surface area contributed by atoms with Crippen molar-refractivity contribution in [2.75, 3.05) is 0 Å². The van der Waals surface area contributed by atoms with Crippen molar-refractivity contribution in [3.63, 3.8) is 0 Å². The lowest BCUT2D eigenvalue weighted by Crippen LogP contribution is -2.33. The van der Waals surface area contributed by atoms with Gasteiger partial charge in [-0.15, -0.1) is 0 Å². The van der Waals surface area contributed by atoms with Gasteiger partial charge in [0.15, 0.2) is 0 Å². The van der Waals surface area contributed by atoms with Crippen LogP contribution in [-0.2, 0) is 30.7 Å². The number of aromatic nitrogens is 3. The summed E-state index contributed by atoms with van der Waals surface area (Å²) >= 11 is 0. The molecule has 1 aliphatic carbocycles. The molecule has 0 aliphatic heterocycles. The molecule has 2 aromatic heterocycles. The summed E-state index contributed by atoms with van der Waals surface area (Å²) in [6.07, 6.45) is 6.76. The van der Waals surface area contributed by atoms with Gasteiger partial charge >= 0.3 is 0 Å². The fourth-order valence-electron chi connectivity index (χ4n) is 2.26. The molecule has 1 fully saturated rings. The van der Waals surface area contributed by atoms with Crippen molar-refractivity contribution in [1.82, 2.24) is 18.7 Å². The van der Waals surface area contributed by atoms with Crippen molar-refractivity contribution in [2.45, 2.75) is 30.3 Å². The van der Waals surface area contributed by atoms with E-state index in [1.165, 1.54) is 10.9 Å². The van der Waals surface area contributed by atoms with Crippen molar-refractivity contribution >= 4 is 10.0 Å². The summed E-state index contributed by atoms with van der Waals surface area (Å²) in [5.41, 5.74) is 0.990. The van der Waals surface area contributed by atoms with Gasteiger partial charge in [0.2, 0.25) is 10.0 Å². The van der Waals surface area contributed by atoms with Crippen molar-refractivity contribution in [1.29, 1.82) is 0 Å². The predicted molar refractivity (Wildman–Crippen MR) is 74.4 cm³/mol. The molecule has 108 valence electrons. The molecule has 0 aromatic carbocycles. The Hall–Kier alpha value is -1.60. The van der Waals surface area contributed by atoms with Crippen molar-refractivity contribution in [3.8, 4) is 0 Å². The lowest BCUT2D eigenvalue weighted by molar-refractivity contribution is 0.390. The number of hydrogen-bond acceptors (Lipinski definition) is 3. The maximum atomic E-state index is 12.7. The van der Waals surface area contributed by atoms with E-state index in [9.17, 15) is 8.42 Å². The molecule has 0 spiro atoms. The molecular formula is C13H18N4O2S. The summed E-state index contributed by atoms with van der Waals surface area (Å²) in [6.45, 7) is 0.408. The van der Waals surface area contributed by atoms with Gasteiger partial charge in [-0.1, -0.05) is 0 Å². The molecule has 0 radical (unpaired) electrons. The van der Waals surface area contributed by atoms with Gasteiger partial charge in [-0.05, 0) is 25.0 Å². The van der Waals surface area contributed by atoms with Crippen LogP contribution >= 0.6 is 0 Å². The van der Waals surface area contributed by atoms with E-state index < -0.39 is 10.0 Å². The third-order valence-electron chi connectivity index (χ3n) is 3.61. The molecule has 7 heteroatoms. The lowest BCUT2D eigenvalue weighted by Gasteiger charge is -2.21. The van der Waals surface area contributed by atoms with Crippen LogP contribution in [0.5, 0.6) is 0 Å². The van der Waals surface area contributed by atoms with Crippen LogP contribution in [0.3, 0.4) is 0 Å². The van der Waals surface area contributed by atoms with Gasteiger partial charge < -0.3 is 4.57 Å². The zero-order chi connectivity index (χ0) is 14.3. The molecule has 2 heterocycles. The topological polar surface area (TPSA) is 60.1 Å². The molecule has 1 aliphatic rings. The van der Waals surface area contributed by atoms with Gasteiger partial charge in [0.1, 0.15) is 4.90 Å². The third kappa shape index (κ3) is 2.38. The van der Waals surface area contributed by atoms with E-state index in [4.69, 9.17) is 0 Å². The fourth-order valence-corrected chi connectivity index (χ4v) is 3.90. The van der Waals surface area contributed by atoms with Crippen LogP contribution in [0.2, 0.25) is 0 Å². The number of hydrogen-bond donors (Lipinski definition) is 0. The second-order valence-electron chi connectivity index (χ2n) is 5.24. The Balaban J connectivity index is 1.93. The summed E-state index contributed by atoms with van der Waals surface area (Å²) in [7, 11) is 0.174. The average molecular weight is 294 g/mol. The van der Waals surface area contributed by atoms with Crippen molar-refractivity contribution in [2.24, 2.45) is 14.1 Å².